The van der Waals surface area contributed by atoms with E-state index in [1.54, 1.807) is 91.2 Å². The quantitative estimate of drug-likeness (QED) is 0.0236. The topological polar surface area (TPSA) is 348 Å². The van der Waals surface area contributed by atoms with Crippen molar-refractivity contribution < 1.29 is 105 Å². The Balaban J connectivity index is 0.466. The third-order valence-corrected chi connectivity index (χ3v) is 25.6. The number of nitrogens with zero attached hydrogens (tertiary/aromatic N) is 5. The summed E-state index contributed by atoms with van der Waals surface area (Å²) in [6, 6.07) is 17.2. The lowest BCUT2D eigenvalue weighted by Crippen LogP contribution is -2.53. The van der Waals surface area contributed by atoms with Gasteiger partial charge in [0.25, 0.3) is 11.8 Å². The molecule has 8 amide bonds. The zero-order valence-corrected chi connectivity index (χ0v) is 75.8. The summed E-state index contributed by atoms with van der Waals surface area (Å²) in [5.74, 6) is 0.923. The van der Waals surface area contributed by atoms with Gasteiger partial charge in [0.1, 0.15) is 12.1 Å². The molecule has 0 spiro atoms. The maximum absolute atomic E-state index is 14.2. The summed E-state index contributed by atoms with van der Waals surface area (Å²) in [7, 11) is 3.02. The van der Waals surface area contributed by atoms with E-state index < -0.39 is 29.1 Å². The number of fused-ring (bicyclic) bond motifs is 5. The molecule has 11 rings (SSSR count). The fourth-order valence-electron chi connectivity index (χ4n) is 16.4. The number of carbonyl (C=O) groups is 8. The van der Waals surface area contributed by atoms with Crippen LogP contribution in [0.5, 0.6) is 34.5 Å². The molecule has 0 aromatic heterocycles. The Morgan fingerprint density at radius 1 is 0.520 bits per heavy atom. The SMILES string of the molecule is CCC(CC)(CC1CCCCCCCCCCCC1)SC1CC(=O)N(CCC(=O)NCCOCCOCCOCCOCCOCCOCCOCCOCCC(=O)N[C@H](C(=O)N[C@@H](C)C(=O)Nc2ccc(C3=CN4C(=O)c5cc(OC)c(OCCCOc6cc7c(cc6OC)C(=O)N6C=C(c8ccc9c(c8)OCO9)CC6C=N7)cc5N=C[C@@H]4C3)cc2)C(C)C)C1=O. The Kier molecular flexibility index (Phi) is 39.9. The van der Waals surface area contributed by atoms with Gasteiger partial charge < -0.3 is 97.4 Å². The van der Waals surface area contributed by atoms with Crippen molar-refractivity contribution in [2.45, 2.75) is 204 Å². The first-order valence-electron chi connectivity index (χ1n) is 45.5. The van der Waals surface area contributed by atoms with Gasteiger partial charge in [0, 0.05) is 99.0 Å². The average Bonchev–Trinajstić information content (AvgIpc) is 1.70. The Morgan fingerprint density at radius 2 is 1.00 bits per heavy atom. The molecule has 694 valence electrons. The van der Waals surface area contributed by atoms with Gasteiger partial charge in [-0.25, -0.2) is 0 Å². The summed E-state index contributed by atoms with van der Waals surface area (Å²) >= 11 is 1.73. The Hall–Kier alpha value is -9.51. The molecule has 127 heavy (non-hydrogen) atoms. The molecule has 1 aliphatic carbocycles. The zero-order chi connectivity index (χ0) is 89.7. The normalized spacial score (nSPS) is 18.2. The van der Waals surface area contributed by atoms with Crippen LogP contribution in [0.15, 0.2) is 89.1 Å². The number of thioether (sulfide) groups is 1. The van der Waals surface area contributed by atoms with Gasteiger partial charge in [0.05, 0.1) is 173 Å². The van der Waals surface area contributed by atoms with Crippen molar-refractivity contribution in [1.82, 2.24) is 30.7 Å². The first kappa shape index (κ1) is 98.1. The number of aliphatic imine (C=N–C) groups is 2. The number of hydrogen-bond acceptors (Lipinski definition) is 25. The fourth-order valence-corrected chi connectivity index (χ4v) is 18.1. The minimum Gasteiger partial charge on any atom is -0.493 e. The van der Waals surface area contributed by atoms with Crippen LogP contribution >= 0.6 is 11.8 Å². The number of ether oxygens (including phenoxy) is 14. The molecule has 0 radical (unpaired) electrons. The number of rotatable bonds is 52. The number of amides is 8. The molecular formula is C95H131N9O22S. The zero-order valence-electron chi connectivity index (χ0n) is 75.0. The van der Waals surface area contributed by atoms with Gasteiger partial charge in [0.2, 0.25) is 42.2 Å². The van der Waals surface area contributed by atoms with Gasteiger partial charge in [-0.1, -0.05) is 123 Å². The van der Waals surface area contributed by atoms with E-state index in [1.807, 2.05) is 42.7 Å². The van der Waals surface area contributed by atoms with Crippen LogP contribution in [0, 0.1) is 11.8 Å². The molecule has 4 aromatic carbocycles. The first-order valence-corrected chi connectivity index (χ1v) is 46.4. The molecule has 4 aromatic rings. The molecule has 6 aliphatic heterocycles. The van der Waals surface area contributed by atoms with Gasteiger partial charge in [0.15, 0.2) is 34.5 Å². The lowest BCUT2D eigenvalue weighted by Gasteiger charge is -2.36. The van der Waals surface area contributed by atoms with Crippen molar-refractivity contribution >= 4 is 99.7 Å². The summed E-state index contributed by atoms with van der Waals surface area (Å²) in [6.07, 6.45) is 27.8. The van der Waals surface area contributed by atoms with Crippen molar-refractivity contribution in [1.29, 1.82) is 0 Å². The predicted octanol–water partition coefficient (Wildman–Crippen LogP) is 13.0. The van der Waals surface area contributed by atoms with Gasteiger partial charge >= 0.3 is 0 Å². The van der Waals surface area contributed by atoms with E-state index in [-0.39, 0.29) is 117 Å². The number of nitrogens with one attached hydrogen (secondary N) is 4. The number of anilines is 1. The van der Waals surface area contributed by atoms with Crippen molar-refractivity contribution in [3.63, 3.8) is 0 Å². The van der Waals surface area contributed by atoms with Crippen LogP contribution in [0.3, 0.4) is 0 Å². The molecule has 1 saturated carbocycles. The Bertz CT molecular complexity index is 4390. The highest BCUT2D eigenvalue weighted by Crippen LogP contribution is 2.48. The van der Waals surface area contributed by atoms with Crippen molar-refractivity contribution in [2.24, 2.45) is 21.8 Å². The van der Waals surface area contributed by atoms with Crippen molar-refractivity contribution in [3.05, 3.63) is 101 Å². The largest absolute Gasteiger partial charge is 0.493 e. The Morgan fingerprint density at radius 3 is 1.50 bits per heavy atom. The Labute approximate surface area is 750 Å². The van der Waals surface area contributed by atoms with Crippen LogP contribution in [-0.4, -0.2) is 262 Å². The maximum atomic E-state index is 14.2. The van der Waals surface area contributed by atoms with Gasteiger partial charge in [-0.2, -0.15) is 0 Å². The van der Waals surface area contributed by atoms with Crippen LogP contribution < -0.4 is 49.7 Å². The van der Waals surface area contributed by atoms with Gasteiger partial charge in [-0.15, -0.1) is 11.8 Å². The highest BCUT2D eigenvalue weighted by Gasteiger charge is 2.45. The number of benzene rings is 4. The van der Waals surface area contributed by atoms with E-state index in [4.69, 9.17) is 76.3 Å². The second-order valence-electron chi connectivity index (χ2n) is 33.1. The second-order valence-corrected chi connectivity index (χ2v) is 34.8. The molecule has 31 nitrogen and oxygen atoms in total. The van der Waals surface area contributed by atoms with Crippen LogP contribution in [0.1, 0.15) is 201 Å². The standard InChI is InChI=1S/C95H131N9O22S/c1-8-95(9-2,59-67-21-18-16-14-12-10-11-13-15-17-19-22-67)127-85-58-88(107)102(94(85)112)32-29-86(105)96-31-36-116-38-40-118-42-44-120-46-48-122-50-49-121-47-45-119-43-41-117-39-37-115-35-30-87(106)101-89(65(3)4)91(109)99-66(5)90(108)100-72-26-23-68(24-27-72)70-51-73-60-97-77-56-83(80(113-6)54-75(77)92(110)103(73)62-70)123-33-20-34-124-84-57-78-76(55-81(84)114-7)93(111)104-63-71(52-74(104)61-98-78)69-25-28-79-82(53-69)126-64-125-79/h23-28,53-57,60-63,65-67,73-74,85,89H,8-22,29-52,58-59,64H2,1-7H3,(H,96,105)(H,99,109)(H,100,108)(H,101,106)/t66-,73-,74?,85?,89-/m0/s1. The van der Waals surface area contributed by atoms with E-state index in [0.717, 1.165) is 41.5 Å². The van der Waals surface area contributed by atoms with Crippen LogP contribution in [0.4, 0.5) is 17.1 Å². The first-order chi connectivity index (χ1) is 61.8. The molecule has 5 atom stereocenters. The molecule has 32 heteroatoms. The minimum absolute atomic E-state index is 0.0108. The lowest BCUT2D eigenvalue weighted by molar-refractivity contribution is -0.138. The molecule has 4 N–H and O–H groups in total. The maximum Gasteiger partial charge on any atom is 0.260 e. The minimum atomic E-state index is -0.947. The summed E-state index contributed by atoms with van der Waals surface area (Å²) < 4.78 is 79.5. The third-order valence-electron chi connectivity index (χ3n) is 23.7. The van der Waals surface area contributed by atoms with Crippen molar-refractivity contribution in [2.75, 3.05) is 158 Å². The van der Waals surface area contributed by atoms with E-state index in [9.17, 15) is 38.4 Å². The molecule has 0 bridgehead atoms. The number of imide groups is 1. The molecule has 1 saturated heterocycles. The number of methoxy groups -OCH3 is 2. The summed E-state index contributed by atoms with van der Waals surface area (Å²) in [5, 5.41) is 10.8. The van der Waals surface area contributed by atoms with Crippen LogP contribution in [0.2, 0.25) is 0 Å². The molecule has 2 fully saturated rings. The average molecular weight is 1780 g/mol. The molecular weight excluding hydrogens is 1650 g/mol. The fraction of sp³-hybridized carbons (Fsp3) is 0.600. The third kappa shape index (κ3) is 29.5. The molecule has 7 aliphatic rings. The summed E-state index contributed by atoms with van der Waals surface area (Å²) in [4.78, 5) is 122. The van der Waals surface area contributed by atoms with Gasteiger partial charge in [-0.3, -0.25) is 53.2 Å². The predicted molar refractivity (Wildman–Crippen MR) is 483 cm³/mol. The van der Waals surface area contributed by atoms with Gasteiger partial charge in [-0.05, 0) is 96.7 Å². The molecule has 6 heterocycles. The molecule has 2 unspecified atom stereocenters. The number of hydrogen-bond donors (Lipinski definition) is 4. The van der Waals surface area contributed by atoms with Crippen LogP contribution in [-0.2, 0) is 66.7 Å². The summed E-state index contributed by atoms with van der Waals surface area (Å²) in [6.45, 7) is 16.3. The highest BCUT2D eigenvalue weighted by atomic mass is 32.2. The second kappa shape index (κ2) is 51.6. The van der Waals surface area contributed by atoms with E-state index in [2.05, 4.69) is 35.1 Å². The smallest absolute Gasteiger partial charge is 0.260 e. The van der Waals surface area contributed by atoms with Crippen molar-refractivity contribution in [3.8, 4) is 34.5 Å². The number of likely N-dealkylation sites (tertiary alicyclic amines) is 1. The van der Waals surface area contributed by atoms with E-state index in [0.29, 0.717) is 187 Å². The lowest BCUT2D eigenvalue weighted by atomic mass is 9.83. The monoisotopic (exact) mass is 1780 g/mol. The summed E-state index contributed by atoms with van der Waals surface area (Å²) in [5.41, 5.74) is 5.77. The number of carbonyl (C=O) groups excluding carboxylic acids is 8. The van der Waals surface area contributed by atoms with Crippen LogP contribution in [0.25, 0.3) is 11.1 Å². The van der Waals surface area contributed by atoms with E-state index in [1.165, 1.54) is 96.2 Å². The van der Waals surface area contributed by atoms with E-state index >= 15 is 0 Å². The highest BCUT2D eigenvalue weighted by molar-refractivity contribution is 8.02.